The molecule has 20 heavy (non-hydrogen) atoms. The average Bonchev–Trinajstić information content (AvgIpc) is 3.01. The minimum atomic E-state index is -0.433. The largest absolute Gasteiger partial charge is 0.444 e. The summed E-state index contributed by atoms with van der Waals surface area (Å²) < 4.78 is 5.56. The van der Waals surface area contributed by atoms with Crippen molar-refractivity contribution >= 4 is 27.7 Å². The van der Waals surface area contributed by atoms with Gasteiger partial charge in [-0.05, 0) is 40.4 Å². The molecule has 1 aliphatic heterocycles. The SMILES string of the molecule is CC1CCN(C(=O)CNC(=O)c2ccc(Br)o2)C1CO. The quantitative estimate of drug-likeness (QED) is 0.853. The van der Waals surface area contributed by atoms with E-state index < -0.39 is 5.91 Å². The number of carbonyl (C=O) groups is 2. The van der Waals surface area contributed by atoms with E-state index in [1.165, 1.54) is 6.07 Å². The summed E-state index contributed by atoms with van der Waals surface area (Å²) >= 11 is 3.11. The van der Waals surface area contributed by atoms with Crippen LogP contribution in [0.1, 0.15) is 23.9 Å². The fourth-order valence-corrected chi connectivity index (χ4v) is 2.68. The Labute approximate surface area is 125 Å². The van der Waals surface area contributed by atoms with Gasteiger partial charge < -0.3 is 19.7 Å². The Balaban J connectivity index is 1.88. The predicted octanol–water partition coefficient (Wildman–Crippen LogP) is 1.00. The maximum absolute atomic E-state index is 12.1. The zero-order chi connectivity index (χ0) is 14.7. The van der Waals surface area contributed by atoms with Crippen LogP contribution in [0.4, 0.5) is 0 Å². The van der Waals surface area contributed by atoms with E-state index in [1.807, 2.05) is 6.92 Å². The molecule has 0 radical (unpaired) electrons. The maximum Gasteiger partial charge on any atom is 0.287 e. The number of hydrogen-bond acceptors (Lipinski definition) is 4. The van der Waals surface area contributed by atoms with Crippen LogP contribution in [0.25, 0.3) is 0 Å². The predicted molar refractivity (Wildman–Crippen MR) is 75.1 cm³/mol. The van der Waals surface area contributed by atoms with Crippen molar-refractivity contribution < 1.29 is 19.1 Å². The van der Waals surface area contributed by atoms with Crippen LogP contribution in [0.5, 0.6) is 0 Å². The normalized spacial score (nSPS) is 22.1. The van der Waals surface area contributed by atoms with E-state index >= 15 is 0 Å². The van der Waals surface area contributed by atoms with Gasteiger partial charge in [0, 0.05) is 6.54 Å². The van der Waals surface area contributed by atoms with Crippen molar-refractivity contribution in [2.24, 2.45) is 5.92 Å². The molecule has 1 aliphatic rings. The third-order valence-corrected chi connectivity index (χ3v) is 4.01. The molecule has 0 aromatic carbocycles. The monoisotopic (exact) mass is 344 g/mol. The Morgan fingerprint density at radius 1 is 1.55 bits per heavy atom. The standard InChI is InChI=1S/C13H17BrN2O4/c1-8-4-5-16(9(8)7-17)12(18)6-15-13(19)10-2-3-11(14)20-10/h2-3,8-9,17H,4-7H2,1H3,(H,15,19). The lowest BCUT2D eigenvalue weighted by atomic mass is 10.0. The summed E-state index contributed by atoms with van der Waals surface area (Å²) in [7, 11) is 0. The first-order valence-corrected chi connectivity index (χ1v) is 7.26. The molecular formula is C13H17BrN2O4. The lowest BCUT2D eigenvalue weighted by Gasteiger charge is -2.25. The second-order valence-electron chi connectivity index (χ2n) is 4.89. The highest BCUT2D eigenvalue weighted by atomic mass is 79.9. The van der Waals surface area contributed by atoms with Crippen LogP contribution >= 0.6 is 15.9 Å². The summed E-state index contributed by atoms with van der Waals surface area (Å²) in [5.41, 5.74) is 0. The number of furan rings is 1. The van der Waals surface area contributed by atoms with E-state index in [4.69, 9.17) is 4.42 Å². The summed E-state index contributed by atoms with van der Waals surface area (Å²) in [6, 6.07) is 2.98. The van der Waals surface area contributed by atoms with Gasteiger partial charge in [0.2, 0.25) is 5.91 Å². The molecule has 2 unspecified atom stereocenters. The smallest absolute Gasteiger partial charge is 0.287 e. The van der Waals surface area contributed by atoms with Crippen molar-refractivity contribution in [3.05, 3.63) is 22.6 Å². The zero-order valence-corrected chi connectivity index (χ0v) is 12.7. The number of rotatable bonds is 4. The molecule has 1 saturated heterocycles. The Kier molecular flexibility index (Phi) is 4.82. The molecule has 2 N–H and O–H groups in total. The number of aliphatic hydroxyl groups excluding tert-OH is 1. The van der Waals surface area contributed by atoms with Gasteiger partial charge in [0.25, 0.3) is 5.91 Å². The van der Waals surface area contributed by atoms with Crippen molar-refractivity contribution in [1.82, 2.24) is 10.2 Å². The fraction of sp³-hybridized carbons (Fsp3) is 0.538. The lowest BCUT2D eigenvalue weighted by molar-refractivity contribution is -0.132. The summed E-state index contributed by atoms with van der Waals surface area (Å²) in [6.07, 6.45) is 0.871. The molecule has 0 saturated carbocycles. The number of hydrogen-bond donors (Lipinski definition) is 2. The second kappa shape index (κ2) is 6.41. The van der Waals surface area contributed by atoms with Crippen LogP contribution in [-0.2, 0) is 4.79 Å². The zero-order valence-electron chi connectivity index (χ0n) is 11.1. The van der Waals surface area contributed by atoms with Crippen LogP contribution < -0.4 is 5.32 Å². The van der Waals surface area contributed by atoms with E-state index in [0.717, 1.165) is 6.42 Å². The molecule has 2 heterocycles. The van der Waals surface area contributed by atoms with Crippen molar-refractivity contribution in [1.29, 1.82) is 0 Å². The molecule has 0 spiro atoms. The molecule has 1 aromatic rings. The minimum Gasteiger partial charge on any atom is -0.444 e. The van der Waals surface area contributed by atoms with Gasteiger partial charge in [-0.3, -0.25) is 9.59 Å². The van der Waals surface area contributed by atoms with Crippen molar-refractivity contribution in [2.45, 2.75) is 19.4 Å². The topological polar surface area (TPSA) is 82.8 Å². The van der Waals surface area contributed by atoms with Crippen LogP contribution in [0.2, 0.25) is 0 Å². The van der Waals surface area contributed by atoms with Crippen LogP contribution in [0.15, 0.2) is 21.2 Å². The van der Waals surface area contributed by atoms with E-state index in [1.54, 1.807) is 11.0 Å². The Hall–Kier alpha value is -1.34. The molecule has 2 amide bonds. The number of carbonyl (C=O) groups excluding carboxylic acids is 2. The molecular weight excluding hydrogens is 328 g/mol. The number of likely N-dealkylation sites (tertiary alicyclic amines) is 1. The van der Waals surface area contributed by atoms with Gasteiger partial charge in [0.15, 0.2) is 10.4 Å². The molecule has 7 heteroatoms. The van der Waals surface area contributed by atoms with Gasteiger partial charge in [-0.1, -0.05) is 6.92 Å². The van der Waals surface area contributed by atoms with Crippen LogP contribution in [-0.4, -0.2) is 47.6 Å². The average molecular weight is 345 g/mol. The third-order valence-electron chi connectivity index (χ3n) is 3.59. The first-order chi connectivity index (χ1) is 9.52. The summed E-state index contributed by atoms with van der Waals surface area (Å²) in [6.45, 7) is 2.48. The minimum absolute atomic E-state index is 0.0496. The first-order valence-electron chi connectivity index (χ1n) is 6.46. The Morgan fingerprint density at radius 2 is 2.30 bits per heavy atom. The number of nitrogens with zero attached hydrogens (tertiary/aromatic N) is 1. The lowest BCUT2D eigenvalue weighted by Crippen LogP contribution is -2.45. The molecule has 2 atom stereocenters. The van der Waals surface area contributed by atoms with Crippen molar-refractivity contribution in [3.8, 4) is 0 Å². The first kappa shape index (κ1) is 15.1. The van der Waals surface area contributed by atoms with Gasteiger partial charge in [-0.2, -0.15) is 0 Å². The van der Waals surface area contributed by atoms with Gasteiger partial charge in [0.05, 0.1) is 19.2 Å². The fourth-order valence-electron chi connectivity index (χ4n) is 2.38. The molecule has 6 nitrogen and oxygen atoms in total. The molecule has 2 rings (SSSR count). The summed E-state index contributed by atoms with van der Waals surface area (Å²) in [5.74, 6) is -0.192. The van der Waals surface area contributed by atoms with Crippen molar-refractivity contribution in [2.75, 3.05) is 19.7 Å². The van der Waals surface area contributed by atoms with Crippen LogP contribution in [0, 0.1) is 5.92 Å². The van der Waals surface area contributed by atoms with Gasteiger partial charge in [0.1, 0.15) is 0 Å². The van der Waals surface area contributed by atoms with Gasteiger partial charge in [-0.25, -0.2) is 0 Å². The third kappa shape index (κ3) is 3.21. The number of nitrogens with one attached hydrogen (secondary N) is 1. The molecule has 1 fully saturated rings. The summed E-state index contributed by atoms with van der Waals surface area (Å²) in [5, 5.41) is 11.8. The van der Waals surface area contributed by atoms with E-state index in [0.29, 0.717) is 11.2 Å². The molecule has 1 aromatic heterocycles. The molecule has 0 aliphatic carbocycles. The summed E-state index contributed by atoms with van der Waals surface area (Å²) in [4.78, 5) is 25.4. The maximum atomic E-state index is 12.1. The van der Waals surface area contributed by atoms with E-state index in [-0.39, 0.29) is 36.8 Å². The Bertz CT molecular complexity index is 502. The number of amides is 2. The van der Waals surface area contributed by atoms with Gasteiger partial charge >= 0.3 is 0 Å². The van der Waals surface area contributed by atoms with Crippen molar-refractivity contribution in [3.63, 3.8) is 0 Å². The van der Waals surface area contributed by atoms with E-state index in [2.05, 4.69) is 21.2 Å². The Morgan fingerprint density at radius 3 is 2.90 bits per heavy atom. The highest BCUT2D eigenvalue weighted by Gasteiger charge is 2.33. The van der Waals surface area contributed by atoms with E-state index in [9.17, 15) is 14.7 Å². The van der Waals surface area contributed by atoms with Crippen LogP contribution in [0.3, 0.4) is 0 Å². The molecule has 110 valence electrons. The number of aliphatic hydroxyl groups is 1. The van der Waals surface area contributed by atoms with Gasteiger partial charge in [-0.15, -0.1) is 0 Å². The second-order valence-corrected chi connectivity index (χ2v) is 5.67. The number of halogens is 1. The highest BCUT2D eigenvalue weighted by Crippen LogP contribution is 2.23. The highest BCUT2D eigenvalue weighted by molar-refractivity contribution is 9.10. The molecule has 0 bridgehead atoms.